The van der Waals surface area contributed by atoms with Gasteiger partial charge in [0, 0.05) is 38.3 Å². The van der Waals surface area contributed by atoms with Crippen LogP contribution in [0, 0.1) is 5.82 Å². The van der Waals surface area contributed by atoms with E-state index in [9.17, 15) is 14.0 Å². The third-order valence-electron chi connectivity index (χ3n) is 5.16. The largest absolute Gasteiger partial charge is 0.368 e. The summed E-state index contributed by atoms with van der Waals surface area (Å²) in [7, 11) is 0. The van der Waals surface area contributed by atoms with Crippen molar-refractivity contribution in [1.29, 1.82) is 0 Å². The van der Waals surface area contributed by atoms with Gasteiger partial charge in [-0.05, 0) is 36.8 Å². The molecule has 1 fully saturated rings. The van der Waals surface area contributed by atoms with Crippen molar-refractivity contribution in [2.24, 2.45) is 10.7 Å². The van der Waals surface area contributed by atoms with Gasteiger partial charge in [-0.2, -0.15) is 0 Å². The number of carbonyl (C=O) groups is 2. The molecule has 0 aliphatic carbocycles. The summed E-state index contributed by atoms with van der Waals surface area (Å²) in [5.41, 5.74) is 7.09. The van der Waals surface area contributed by atoms with Gasteiger partial charge in [-0.25, -0.2) is 9.38 Å². The molecule has 1 heterocycles. The number of aliphatic imine (C=N–C) groups is 1. The van der Waals surface area contributed by atoms with E-state index in [0.717, 1.165) is 31.2 Å². The Morgan fingerprint density at radius 3 is 2.30 bits per heavy atom. The molecule has 0 saturated carbocycles. The van der Waals surface area contributed by atoms with Crippen LogP contribution in [0.25, 0.3) is 0 Å². The first-order valence-corrected chi connectivity index (χ1v) is 10.7. The first kappa shape index (κ1) is 26.4. The van der Waals surface area contributed by atoms with Crippen molar-refractivity contribution >= 4 is 47.4 Å². The van der Waals surface area contributed by atoms with Crippen molar-refractivity contribution in [1.82, 2.24) is 15.5 Å². The zero-order chi connectivity index (χ0) is 22.9. The lowest BCUT2D eigenvalue weighted by atomic mass is 10.1. The molecule has 2 aromatic carbocycles. The minimum absolute atomic E-state index is 0. The highest BCUT2D eigenvalue weighted by atomic mass is 127. The summed E-state index contributed by atoms with van der Waals surface area (Å²) in [5, 5.41) is 5.78. The van der Waals surface area contributed by atoms with Crippen molar-refractivity contribution in [3.8, 4) is 0 Å². The van der Waals surface area contributed by atoms with Gasteiger partial charge in [0.2, 0.25) is 5.91 Å². The van der Waals surface area contributed by atoms with Gasteiger partial charge in [0.05, 0.1) is 18.8 Å². The van der Waals surface area contributed by atoms with Crippen molar-refractivity contribution in [2.75, 3.05) is 44.2 Å². The molecular formula is C23H30FIN6O2. The average Bonchev–Trinajstić information content (AvgIpc) is 2.81. The van der Waals surface area contributed by atoms with E-state index < -0.39 is 5.91 Å². The summed E-state index contributed by atoms with van der Waals surface area (Å²) in [5.74, 6) is -0.327. The molecule has 10 heteroatoms. The van der Waals surface area contributed by atoms with Crippen molar-refractivity contribution in [2.45, 2.75) is 13.5 Å². The van der Waals surface area contributed by atoms with Crippen LogP contribution < -0.4 is 21.3 Å². The molecule has 33 heavy (non-hydrogen) atoms. The standard InChI is InChI=1S/C23H29FN6O2.HI/c1-2-26-23(30-13-11-29(12-14-30)20-6-4-3-5-19(20)24)28-15-17-7-9-18(10-8-17)22(32)27-16-21(25)31;/h3-10H,2,11-16H2,1H3,(H2,25,31)(H,26,28)(H,27,32);1H. The highest BCUT2D eigenvalue weighted by Gasteiger charge is 2.21. The Morgan fingerprint density at radius 1 is 1.03 bits per heavy atom. The lowest BCUT2D eigenvalue weighted by Crippen LogP contribution is -2.52. The van der Waals surface area contributed by atoms with E-state index in [0.29, 0.717) is 30.9 Å². The van der Waals surface area contributed by atoms with Gasteiger partial charge in [0.1, 0.15) is 5.82 Å². The van der Waals surface area contributed by atoms with E-state index >= 15 is 0 Å². The second-order valence-corrected chi connectivity index (χ2v) is 7.44. The first-order valence-electron chi connectivity index (χ1n) is 10.7. The Morgan fingerprint density at radius 2 is 1.70 bits per heavy atom. The Labute approximate surface area is 210 Å². The number of amides is 2. The third-order valence-corrected chi connectivity index (χ3v) is 5.16. The number of nitrogens with one attached hydrogen (secondary N) is 2. The monoisotopic (exact) mass is 568 g/mol. The molecule has 0 atom stereocenters. The number of nitrogens with two attached hydrogens (primary N) is 1. The number of rotatable bonds is 7. The number of piperazine rings is 1. The van der Waals surface area contributed by atoms with Crippen LogP contribution in [-0.4, -0.2) is 61.9 Å². The molecule has 0 radical (unpaired) electrons. The number of anilines is 1. The predicted octanol–water partition coefficient (Wildman–Crippen LogP) is 1.95. The number of para-hydroxylation sites is 1. The van der Waals surface area contributed by atoms with Gasteiger partial charge < -0.3 is 26.2 Å². The molecule has 1 saturated heterocycles. The molecule has 8 nitrogen and oxygen atoms in total. The Bertz CT molecular complexity index is 962. The average molecular weight is 568 g/mol. The second kappa shape index (κ2) is 13.0. The molecule has 2 amide bonds. The molecule has 1 aliphatic heterocycles. The van der Waals surface area contributed by atoms with Crippen LogP contribution in [0.4, 0.5) is 10.1 Å². The molecular weight excluding hydrogens is 538 g/mol. The molecule has 0 unspecified atom stereocenters. The number of guanidine groups is 1. The van der Waals surface area contributed by atoms with Crippen molar-refractivity contribution in [3.63, 3.8) is 0 Å². The van der Waals surface area contributed by atoms with Gasteiger partial charge in [0.25, 0.3) is 5.91 Å². The maximum Gasteiger partial charge on any atom is 0.251 e. The van der Waals surface area contributed by atoms with Crippen molar-refractivity contribution < 1.29 is 14.0 Å². The number of primary amides is 1. The summed E-state index contributed by atoms with van der Waals surface area (Å²) >= 11 is 0. The Balaban J connectivity index is 0.00000385. The van der Waals surface area contributed by atoms with Crippen LogP contribution in [0.2, 0.25) is 0 Å². The second-order valence-electron chi connectivity index (χ2n) is 7.44. The van der Waals surface area contributed by atoms with E-state index in [1.807, 2.05) is 31.2 Å². The first-order chi connectivity index (χ1) is 15.5. The summed E-state index contributed by atoms with van der Waals surface area (Å²) in [6.07, 6.45) is 0. The van der Waals surface area contributed by atoms with Crippen LogP contribution >= 0.6 is 24.0 Å². The minimum atomic E-state index is -0.588. The van der Waals surface area contributed by atoms with Crippen LogP contribution in [0.15, 0.2) is 53.5 Å². The molecule has 0 spiro atoms. The summed E-state index contributed by atoms with van der Waals surface area (Å²) in [6, 6.07) is 13.9. The number of benzene rings is 2. The molecule has 0 bridgehead atoms. The van der Waals surface area contributed by atoms with Gasteiger partial charge in [-0.3, -0.25) is 9.59 Å². The molecule has 3 rings (SSSR count). The summed E-state index contributed by atoms with van der Waals surface area (Å²) in [4.78, 5) is 31.7. The fourth-order valence-corrected chi connectivity index (χ4v) is 3.49. The number of hydrogen-bond donors (Lipinski definition) is 3. The lowest BCUT2D eigenvalue weighted by molar-refractivity contribution is -0.117. The van der Waals surface area contributed by atoms with Crippen LogP contribution in [-0.2, 0) is 11.3 Å². The van der Waals surface area contributed by atoms with E-state index in [1.165, 1.54) is 6.07 Å². The van der Waals surface area contributed by atoms with E-state index in [2.05, 4.69) is 20.4 Å². The maximum absolute atomic E-state index is 14.1. The molecule has 1 aliphatic rings. The number of hydrogen-bond acceptors (Lipinski definition) is 4. The van der Waals surface area contributed by atoms with Gasteiger partial charge >= 0.3 is 0 Å². The number of nitrogens with zero attached hydrogens (tertiary/aromatic N) is 3. The molecule has 4 N–H and O–H groups in total. The zero-order valence-corrected chi connectivity index (χ0v) is 20.9. The van der Waals surface area contributed by atoms with Crippen LogP contribution in [0.1, 0.15) is 22.8 Å². The smallest absolute Gasteiger partial charge is 0.251 e. The van der Waals surface area contributed by atoms with Crippen LogP contribution in [0.5, 0.6) is 0 Å². The van der Waals surface area contributed by atoms with Gasteiger partial charge in [-0.15, -0.1) is 24.0 Å². The Hall–Kier alpha value is -2.89. The maximum atomic E-state index is 14.1. The van der Waals surface area contributed by atoms with Crippen molar-refractivity contribution in [3.05, 3.63) is 65.5 Å². The number of halogens is 2. The highest BCUT2D eigenvalue weighted by Crippen LogP contribution is 2.20. The van der Waals surface area contributed by atoms with E-state index in [-0.39, 0.29) is 42.2 Å². The normalized spacial score (nSPS) is 13.8. The van der Waals surface area contributed by atoms with E-state index in [1.54, 1.807) is 18.2 Å². The fourth-order valence-electron chi connectivity index (χ4n) is 3.49. The molecule has 2 aromatic rings. The highest BCUT2D eigenvalue weighted by molar-refractivity contribution is 14.0. The van der Waals surface area contributed by atoms with Gasteiger partial charge in [0.15, 0.2) is 5.96 Å². The van der Waals surface area contributed by atoms with Gasteiger partial charge in [-0.1, -0.05) is 24.3 Å². The number of carbonyl (C=O) groups excluding carboxylic acids is 2. The topological polar surface area (TPSA) is 103 Å². The fraction of sp³-hybridized carbons (Fsp3) is 0.348. The summed E-state index contributed by atoms with van der Waals surface area (Å²) < 4.78 is 14.1. The SMILES string of the molecule is CCNC(=NCc1ccc(C(=O)NCC(N)=O)cc1)N1CCN(c2ccccc2F)CC1.I. The lowest BCUT2D eigenvalue weighted by Gasteiger charge is -2.37. The quantitative estimate of drug-likeness (QED) is 0.269. The molecule has 178 valence electrons. The predicted molar refractivity (Wildman–Crippen MR) is 138 cm³/mol. The zero-order valence-electron chi connectivity index (χ0n) is 18.6. The minimum Gasteiger partial charge on any atom is -0.368 e. The Kier molecular flexibility index (Phi) is 10.4. The molecule has 0 aromatic heterocycles. The van der Waals surface area contributed by atoms with E-state index in [4.69, 9.17) is 10.7 Å². The third kappa shape index (κ3) is 7.58. The van der Waals surface area contributed by atoms with Crippen LogP contribution in [0.3, 0.4) is 0 Å². The summed E-state index contributed by atoms with van der Waals surface area (Å²) in [6.45, 7) is 5.91.